The molecular weight excluding hydrogens is 348 g/mol. The summed E-state index contributed by atoms with van der Waals surface area (Å²) >= 11 is 4.94. The van der Waals surface area contributed by atoms with E-state index in [0.29, 0.717) is 18.0 Å². The van der Waals surface area contributed by atoms with Crippen LogP contribution in [0.4, 0.5) is 5.69 Å². The lowest BCUT2D eigenvalue weighted by atomic mass is 10.1. The molecule has 110 valence electrons. The van der Waals surface area contributed by atoms with Crippen molar-refractivity contribution in [1.82, 2.24) is 5.32 Å². The number of nitrogens with two attached hydrogens (primary N) is 1. The van der Waals surface area contributed by atoms with Crippen molar-refractivity contribution < 1.29 is 4.79 Å². The molecule has 3 N–H and O–H groups in total. The first-order chi connectivity index (χ1) is 10.1. The molecule has 2 aromatic rings. The van der Waals surface area contributed by atoms with Gasteiger partial charge in [0.15, 0.2) is 0 Å². The van der Waals surface area contributed by atoms with Gasteiger partial charge >= 0.3 is 0 Å². The van der Waals surface area contributed by atoms with Crippen LogP contribution in [0.2, 0.25) is 0 Å². The van der Waals surface area contributed by atoms with Gasteiger partial charge in [-0.05, 0) is 46.1 Å². The molecule has 0 bridgehead atoms. The van der Waals surface area contributed by atoms with E-state index in [1.54, 1.807) is 0 Å². The first-order valence-electron chi connectivity index (χ1n) is 6.63. The normalized spacial score (nSPS) is 10.3. The Bertz CT molecular complexity index is 604. The van der Waals surface area contributed by atoms with Gasteiger partial charge in [0.2, 0.25) is 5.91 Å². The van der Waals surface area contributed by atoms with Crippen LogP contribution >= 0.6 is 27.7 Å². The smallest absolute Gasteiger partial charge is 0.230 e. The summed E-state index contributed by atoms with van der Waals surface area (Å²) < 4.78 is 0.921. The SMILES string of the molecule is Nc1ccc(SCC(=O)NCCc2ccccc2)c(Br)c1. The first-order valence-corrected chi connectivity index (χ1v) is 8.41. The number of rotatable bonds is 6. The number of benzene rings is 2. The van der Waals surface area contributed by atoms with E-state index in [-0.39, 0.29) is 5.91 Å². The van der Waals surface area contributed by atoms with E-state index in [1.165, 1.54) is 17.3 Å². The van der Waals surface area contributed by atoms with Crippen LogP contribution < -0.4 is 11.1 Å². The molecule has 0 heterocycles. The van der Waals surface area contributed by atoms with E-state index in [4.69, 9.17) is 5.73 Å². The summed E-state index contributed by atoms with van der Waals surface area (Å²) in [7, 11) is 0. The highest BCUT2D eigenvalue weighted by Crippen LogP contribution is 2.28. The molecule has 0 saturated heterocycles. The van der Waals surface area contributed by atoms with E-state index >= 15 is 0 Å². The maximum Gasteiger partial charge on any atom is 0.230 e. The molecular formula is C16H17BrN2OS. The minimum absolute atomic E-state index is 0.0413. The van der Waals surface area contributed by atoms with Gasteiger partial charge < -0.3 is 11.1 Å². The maximum absolute atomic E-state index is 11.8. The summed E-state index contributed by atoms with van der Waals surface area (Å²) in [5, 5.41) is 2.93. The van der Waals surface area contributed by atoms with Crippen molar-refractivity contribution in [3.63, 3.8) is 0 Å². The van der Waals surface area contributed by atoms with E-state index in [1.807, 2.05) is 36.4 Å². The highest BCUT2D eigenvalue weighted by molar-refractivity contribution is 9.10. The Balaban J connectivity index is 1.72. The van der Waals surface area contributed by atoms with E-state index in [2.05, 4.69) is 33.4 Å². The molecule has 2 aromatic carbocycles. The third kappa shape index (κ3) is 5.44. The second kappa shape index (κ2) is 8.10. The van der Waals surface area contributed by atoms with E-state index < -0.39 is 0 Å². The molecule has 1 amide bonds. The number of nitrogens with one attached hydrogen (secondary N) is 1. The average Bonchev–Trinajstić information content (AvgIpc) is 2.47. The number of carbonyl (C=O) groups excluding carboxylic acids is 1. The van der Waals surface area contributed by atoms with Gasteiger partial charge in [-0.15, -0.1) is 11.8 Å². The van der Waals surface area contributed by atoms with Crippen molar-refractivity contribution in [3.8, 4) is 0 Å². The molecule has 0 aliphatic heterocycles. The first kappa shape index (κ1) is 15.9. The number of hydrogen-bond donors (Lipinski definition) is 2. The zero-order valence-corrected chi connectivity index (χ0v) is 13.9. The molecule has 0 saturated carbocycles. The third-order valence-electron chi connectivity index (χ3n) is 2.89. The highest BCUT2D eigenvalue weighted by atomic mass is 79.9. The van der Waals surface area contributed by atoms with Crippen molar-refractivity contribution in [2.24, 2.45) is 0 Å². The Hall–Kier alpha value is -1.46. The fourth-order valence-electron chi connectivity index (χ4n) is 1.82. The molecule has 3 nitrogen and oxygen atoms in total. The van der Waals surface area contributed by atoms with Crippen molar-refractivity contribution >= 4 is 39.3 Å². The molecule has 0 fully saturated rings. The lowest BCUT2D eigenvalue weighted by molar-refractivity contribution is -0.118. The Morgan fingerprint density at radius 3 is 2.67 bits per heavy atom. The van der Waals surface area contributed by atoms with E-state index in [0.717, 1.165) is 15.8 Å². The standard InChI is InChI=1S/C16H17BrN2OS/c17-14-10-13(18)6-7-15(14)21-11-16(20)19-9-8-12-4-2-1-3-5-12/h1-7,10H,8-9,11,18H2,(H,19,20). The third-order valence-corrected chi connectivity index (χ3v) is 4.89. The van der Waals surface area contributed by atoms with Gasteiger partial charge in [0.25, 0.3) is 0 Å². The van der Waals surface area contributed by atoms with Crippen LogP contribution in [0.15, 0.2) is 57.9 Å². The fourth-order valence-corrected chi connectivity index (χ4v) is 3.31. The topological polar surface area (TPSA) is 55.1 Å². The second-order valence-electron chi connectivity index (χ2n) is 4.56. The van der Waals surface area contributed by atoms with Crippen LogP contribution in [0, 0.1) is 0 Å². The van der Waals surface area contributed by atoms with Gasteiger partial charge in [0, 0.05) is 21.6 Å². The van der Waals surface area contributed by atoms with Gasteiger partial charge in [0.1, 0.15) is 0 Å². The molecule has 0 aliphatic carbocycles. The van der Waals surface area contributed by atoms with Crippen LogP contribution in [-0.4, -0.2) is 18.2 Å². The summed E-state index contributed by atoms with van der Waals surface area (Å²) in [6.07, 6.45) is 0.850. The van der Waals surface area contributed by atoms with Crippen molar-refractivity contribution in [3.05, 3.63) is 58.6 Å². The molecule has 0 atom stereocenters. The Morgan fingerprint density at radius 1 is 1.19 bits per heavy atom. The minimum Gasteiger partial charge on any atom is -0.399 e. The number of halogens is 1. The zero-order chi connectivity index (χ0) is 15.1. The molecule has 2 rings (SSSR count). The molecule has 21 heavy (non-hydrogen) atoms. The van der Waals surface area contributed by atoms with Crippen molar-refractivity contribution in [1.29, 1.82) is 0 Å². The molecule has 0 radical (unpaired) electrons. The highest BCUT2D eigenvalue weighted by Gasteiger charge is 2.05. The average molecular weight is 365 g/mol. The lowest BCUT2D eigenvalue weighted by Crippen LogP contribution is -2.27. The van der Waals surface area contributed by atoms with Gasteiger partial charge in [-0.25, -0.2) is 0 Å². The van der Waals surface area contributed by atoms with Crippen LogP contribution in [0.1, 0.15) is 5.56 Å². The van der Waals surface area contributed by atoms with Gasteiger partial charge in [-0.2, -0.15) is 0 Å². The summed E-state index contributed by atoms with van der Waals surface area (Å²) in [6.45, 7) is 0.659. The summed E-state index contributed by atoms with van der Waals surface area (Å²) in [5.74, 6) is 0.441. The molecule has 0 aromatic heterocycles. The molecule has 0 spiro atoms. The van der Waals surface area contributed by atoms with Gasteiger partial charge in [-0.1, -0.05) is 30.3 Å². The molecule has 0 unspecified atom stereocenters. The Labute approximate surface area is 137 Å². The van der Waals surface area contributed by atoms with Crippen LogP contribution in [0.3, 0.4) is 0 Å². The Kier molecular flexibility index (Phi) is 6.14. The zero-order valence-electron chi connectivity index (χ0n) is 11.5. The van der Waals surface area contributed by atoms with E-state index in [9.17, 15) is 4.79 Å². The Morgan fingerprint density at radius 2 is 1.95 bits per heavy atom. The number of amides is 1. The monoisotopic (exact) mass is 364 g/mol. The number of carbonyl (C=O) groups is 1. The van der Waals surface area contributed by atoms with Crippen LogP contribution in [0.5, 0.6) is 0 Å². The lowest BCUT2D eigenvalue weighted by Gasteiger charge is -2.07. The number of thioether (sulfide) groups is 1. The summed E-state index contributed by atoms with van der Waals surface area (Å²) in [6, 6.07) is 15.7. The molecule has 0 aliphatic rings. The number of anilines is 1. The van der Waals surface area contributed by atoms with Crippen LogP contribution in [-0.2, 0) is 11.2 Å². The summed E-state index contributed by atoms with van der Waals surface area (Å²) in [4.78, 5) is 12.8. The molecule has 5 heteroatoms. The van der Waals surface area contributed by atoms with Gasteiger partial charge in [0.05, 0.1) is 5.75 Å². The largest absolute Gasteiger partial charge is 0.399 e. The van der Waals surface area contributed by atoms with Crippen LogP contribution in [0.25, 0.3) is 0 Å². The summed E-state index contributed by atoms with van der Waals surface area (Å²) in [5.41, 5.74) is 7.62. The predicted molar refractivity (Wildman–Crippen MR) is 92.4 cm³/mol. The quantitative estimate of drug-likeness (QED) is 0.609. The van der Waals surface area contributed by atoms with Crippen molar-refractivity contribution in [2.45, 2.75) is 11.3 Å². The number of nitrogen functional groups attached to an aromatic ring is 1. The predicted octanol–water partition coefficient (Wildman–Crippen LogP) is 3.48. The minimum atomic E-state index is 0.0413. The number of hydrogen-bond acceptors (Lipinski definition) is 3. The maximum atomic E-state index is 11.8. The van der Waals surface area contributed by atoms with Crippen molar-refractivity contribution in [2.75, 3.05) is 18.0 Å². The van der Waals surface area contributed by atoms with Gasteiger partial charge in [-0.3, -0.25) is 4.79 Å². The second-order valence-corrected chi connectivity index (χ2v) is 6.44. The fraction of sp³-hybridized carbons (Fsp3) is 0.188.